The minimum Gasteiger partial charge on any atom is -0.381 e. The lowest BCUT2D eigenvalue weighted by Gasteiger charge is -2.31. The van der Waals surface area contributed by atoms with E-state index in [0.29, 0.717) is 71.6 Å². The number of fused-ring (bicyclic) bond motifs is 1. The number of aryl methyl sites for hydroxylation is 1. The van der Waals surface area contributed by atoms with Gasteiger partial charge in [0.15, 0.2) is 0 Å². The van der Waals surface area contributed by atoms with Gasteiger partial charge in [-0.1, -0.05) is 41.9 Å². The lowest BCUT2D eigenvalue weighted by atomic mass is 10.0. The Morgan fingerprint density at radius 1 is 1.18 bits per heavy atom. The lowest BCUT2D eigenvalue weighted by molar-refractivity contribution is -0.133. The van der Waals surface area contributed by atoms with E-state index in [1.54, 1.807) is 24.0 Å². The molecule has 3 aliphatic rings. The molecule has 0 bridgehead atoms. The molecule has 1 aromatic carbocycles. The van der Waals surface area contributed by atoms with Gasteiger partial charge in [-0.3, -0.25) is 14.2 Å². The van der Waals surface area contributed by atoms with E-state index in [0.717, 1.165) is 48.7 Å². The highest BCUT2D eigenvalue weighted by atomic mass is 35.5. The van der Waals surface area contributed by atoms with Crippen LogP contribution in [0.5, 0.6) is 0 Å². The predicted octanol–water partition coefficient (Wildman–Crippen LogP) is 2.67. The number of hydrogen-bond donors (Lipinski definition) is 2. The number of pyridine rings is 1. The van der Waals surface area contributed by atoms with E-state index in [2.05, 4.69) is 28.5 Å². The van der Waals surface area contributed by atoms with Crippen molar-refractivity contribution in [2.75, 3.05) is 26.3 Å². The summed E-state index contributed by atoms with van der Waals surface area (Å²) < 4.78 is 12.2. The largest absolute Gasteiger partial charge is 0.381 e. The number of aromatic nitrogens is 3. The Balaban J connectivity index is 1.47. The first kappa shape index (κ1) is 30.2. The van der Waals surface area contributed by atoms with Crippen molar-refractivity contribution in [3.8, 4) is 22.5 Å². The molecule has 11 nitrogen and oxygen atoms in total. The van der Waals surface area contributed by atoms with Gasteiger partial charge in [0.25, 0.3) is 5.56 Å². The van der Waals surface area contributed by atoms with Gasteiger partial charge in [0.05, 0.1) is 0 Å². The Morgan fingerprint density at radius 3 is 2.70 bits per heavy atom. The minimum atomic E-state index is -0.342. The van der Waals surface area contributed by atoms with Gasteiger partial charge in [-0.15, -0.1) is 0 Å². The zero-order valence-corrected chi connectivity index (χ0v) is 25.9. The average molecular weight is 620 g/mol. The molecule has 1 amide bonds. The molecule has 3 aromatic rings. The molecule has 1 atom stereocenters. The van der Waals surface area contributed by atoms with Crippen molar-refractivity contribution in [2.45, 2.75) is 71.0 Å². The van der Waals surface area contributed by atoms with Crippen LogP contribution in [0.1, 0.15) is 51.3 Å². The molecule has 44 heavy (non-hydrogen) atoms. The monoisotopic (exact) mass is 619 g/mol. The first-order chi connectivity index (χ1) is 21.3. The van der Waals surface area contributed by atoms with Gasteiger partial charge in [0.2, 0.25) is 17.6 Å². The molecule has 3 N–H and O–H groups in total. The molecule has 12 heteroatoms. The summed E-state index contributed by atoms with van der Waals surface area (Å²) in [7, 11) is 0. The number of carbonyl (C=O) groups is 1. The van der Waals surface area contributed by atoms with E-state index in [9.17, 15) is 9.59 Å². The number of nitrogens with two attached hydrogens (primary N) is 1. The number of hydrogen-bond acceptors (Lipinski definition) is 9. The number of likely N-dealkylation sites (tertiary alicyclic amines) is 1. The number of ether oxygens (including phenoxy) is 1. The van der Waals surface area contributed by atoms with Gasteiger partial charge >= 0.3 is 0 Å². The topological polar surface area (TPSA) is 141 Å². The van der Waals surface area contributed by atoms with Crippen molar-refractivity contribution in [3.63, 3.8) is 0 Å². The third-order valence-corrected chi connectivity index (χ3v) is 8.86. The Morgan fingerprint density at radius 2 is 2.00 bits per heavy atom. The van der Waals surface area contributed by atoms with E-state index in [1.165, 1.54) is 4.57 Å². The molecule has 2 aromatic heterocycles. The predicted molar refractivity (Wildman–Crippen MR) is 167 cm³/mol. The number of piperidine rings is 1. The standard InChI is InChI=1S/C32H38ClN7O4/c1-3-20-6-7-22-15-26(25-9-8-21(16-27(25)33)30-35-19(2)44-38-30)32(42)40(18-28(41)39-12-4-5-23(34)17-39)31(22)37-29(20)36-24-10-13-43-14-11-24/h7-9,15-16,23-24,36H,3-6,10-14,17-18,34H2,1-2H3. The van der Waals surface area contributed by atoms with E-state index in [1.807, 2.05) is 12.1 Å². The first-order valence-electron chi connectivity index (χ1n) is 15.3. The highest BCUT2D eigenvalue weighted by molar-refractivity contribution is 6.33. The number of allylic oxidation sites excluding steroid dienone is 1. The van der Waals surface area contributed by atoms with Crippen molar-refractivity contribution in [3.05, 3.63) is 67.6 Å². The summed E-state index contributed by atoms with van der Waals surface area (Å²) in [5.41, 5.74) is 9.05. The molecule has 0 aliphatic carbocycles. The Kier molecular flexibility index (Phi) is 8.97. The van der Waals surface area contributed by atoms with Crippen molar-refractivity contribution in [1.29, 1.82) is 0 Å². The number of nitrogens with zero attached hydrogens (tertiary/aromatic N) is 5. The number of benzene rings is 1. The van der Waals surface area contributed by atoms with Crippen LogP contribution in [0.4, 0.5) is 0 Å². The maximum atomic E-state index is 14.3. The molecule has 5 heterocycles. The molecule has 3 aliphatic heterocycles. The second-order valence-electron chi connectivity index (χ2n) is 11.7. The summed E-state index contributed by atoms with van der Waals surface area (Å²) in [5.74, 6) is 1.46. The van der Waals surface area contributed by atoms with Crippen LogP contribution in [0.2, 0.25) is 5.02 Å². The van der Waals surface area contributed by atoms with Crippen molar-refractivity contribution in [1.82, 2.24) is 24.9 Å². The summed E-state index contributed by atoms with van der Waals surface area (Å²) in [6.07, 6.45) is 7.01. The zero-order valence-electron chi connectivity index (χ0n) is 25.1. The fraction of sp³-hybridized carbons (Fsp3) is 0.469. The van der Waals surface area contributed by atoms with Crippen molar-refractivity contribution in [2.24, 2.45) is 10.7 Å². The van der Waals surface area contributed by atoms with Crippen LogP contribution < -0.4 is 27.3 Å². The second kappa shape index (κ2) is 13.1. The van der Waals surface area contributed by atoms with Crippen LogP contribution in [-0.4, -0.2) is 63.9 Å². The number of halogens is 1. The van der Waals surface area contributed by atoms with Gasteiger partial charge in [-0.25, -0.2) is 4.99 Å². The summed E-state index contributed by atoms with van der Waals surface area (Å²) >= 11 is 6.80. The Hall–Kier alpha value is -3.80. The Labute approximate surface area is 260 Å². The number of carbonyl (C=O) groups excluding carboxylic acids is 1. The number of amides is 1. The molecule has 0 saturated carbocycles. The van der Waals surface area contributed by atoms with E-state index >= 15 is 0 Å². The maximum absolute atomic E-state index is 14.3. The fourth-order valence-corrected chi connectivity index (χ4v) is 6.33. The van der Waals surface area contributed by atoms with Gasteiger partial charge < -0.3 is 25.2 Å². The van der Waals surface area contributed by atoms with Crippen LogP contribution in [0.25, 0.3) is 28.6 Å². The molecule has 232 valence electrons. The molecular weight excluding hydrogens is 582 g/mol. The number of nitrogens with one attached hydrogen (secondary N) is 1. The fourth-order valence-electron chi connectivity index (χ4n) is 6.05. The first-order valence-corrected chi connectivity index (χ1v) is 15.7. The Bertz CT molecular complexity index is 1770. The minimum absolute atomic E-state index is 0.0727. The molecule has 2 fully saturated rings. The molecule has 0 spiro atoms. The quantitative estimate of drug-likeness (QED) is 0.411. The van der Waals surface area contributed by atoms with Gasteiger partial charge in [0, 0.05) is 72.2 Å². The van der Waals surface area contributed by atoms with E-state index in [4.69, 9.17) is 31.6 Å². The van der Waals surface area contributed by atoms with Crippen LogP contribution in [0, 0.1) is 6.92 Å². The molecule has 2 saturated heterocycles. The highest BCUT2D eigenvalue weighted by Gasteiger charge is 2.24. The van der Waals surface area contributed by atoms with E-state index < -0.39 is 0 Å². The molecule has 1 unspecified atom stereocenters. The van der Waals surface area contributed by atoms with Gasteiger partial charge in [0.1, 0.15) is 17.9 Å². The average Bonchev–Trinajstić information content (AvgIpc) is 3.38. The van der Waals surface area contributed by atoms with E-state index in [-0.39, 0.29) is 30.1 Å². The van der Waals surface area contributed by atoms with Crippen molar-refractivity contribution >= 4 is 23.6 Å². The summed E-state index contributed by atoms with van der Waals surface area (Å²) in [4.78, 5) is 39.1. The number of rotatable bonds is 7. The lowest BCUT2D eigenvalue weighted by Crippen LogP contribution is -2.51. The van der Waals surface area contributed by atoms with Crippen LogP contribution in [0.15, 0.2) is 50.0 Å². The third-order valence-electron chi connectivity index (χ3n) is 8.55. The third kappa shape index (κ3) is 6.36. The maximum Gasteiger partial charge on any atom is 0.260 e. The zero-order chi connectivity index (χ0) is 30.8. The summed E-state index contributed by atoms with van der Waals surface area (Å²) in [6, 6.07) is 7.30. The SMILES string of the molecule is CCC1=C(NC2CCOCC2)N=c2c(cc(-c3ccc(-c4noc(C)n4)cc3Cl)c(=O)n2CC(=O)N2CCCC(N)C2)=CC1. The van der Waals surface area contributed by atoms with Crippen molar-refractivity contribution < 1.29 is 14.1 Å². The van der Waals surface area contributed by atoms with Crippen LogP contribution in [-0.2, 0) is 16.1 Å². The molecular formula is C32H38ClN7O4. The molecule has 6 rings (SSSR count). The summed E-state index contributed by atoms with van der Waals surface area (Å²) in [6.45, 7) is 6.15. The molecule has 0 radical (unpaired) electrons. The van der Waals surface area contributed by atoms with Crippen LogP contribution in [0.3, 0.4) is 0 Å². The van der Waals surface area contributed by atoms with Gasteiger partial charge in [-0.05, 0) is 56.2 Å². The highest BCUT2D eigenvalue weighted by Crippen LogP contribution is 2.29. The van der Waals surface area contributed by atoms with Crippen LogP contribution >= 0.6 is 11.6 Å². The normalized spacial score (nSPS) is 19.2. The second-order valence-corrected chi connectivity index (χ2v) is 12.1. The smallest absolute Gasteiger partial charge is 0.260 e. The summed E-state index contributed by atoms with van der Waals surface area (Å²) in [5, 5.41) is 8.74. The van der Waals surface area contributed by atoms with Gasteiger partial charge in [-0.2, -0.15) is 4.98 Å².